The zero-order valence-electron chi connectivity index (χ0n) is 14.7. The van der Waals surface area contributed by atoms with Gasteiger partial charge in [0.25, 0.3) is 0 Å². The van der Waals surface area contributed by atoms with Crippen LogP contribution in [0.3, 0.4) is 0 Å². The zero-order valence-corrected chi connectivity index (χ0v) is 14.7. The fourth-order valence-corrected chi connectivity index (χ4v) is 3.47. The molecule has 4 rings (SSSR count). The molecule has 0 spiro atoms. The standard InChI is InChI=1S/C20H19F3N4/c21-20(22,23)16-6-4-15(5-7-16)13-26-8-10-27(11-9-26)19-3-1-2-18-17(19)12-24-14-25-18/h1-7,12,14H,8-11,13H2. The molecule has 7 heteroatoms. The maximum atomic E-state index is 12.7. The van der Waals surface area contributed by atoms with Crippen molar-refractivity contribution in [1.29, 1.82) is 0 Å². The van der Waals surface area contributed by atoms with Gasteiger partial charge in [-0.25, -0.2) is 9.97 Å². The molecule has 27 heavy (non-hydrogen) atoms. The third-order valence-corrected chi connectivity index (χ3v) is 4.93. The van der Waals surface area contributed by atoms with Gasteiger partial charge < -0.3 is 4.90 Å². The van der Waals surface area contributed by atoms with Crippen molar-refractivity contribution < 1.29 is 13.2 Å². The number of fused-ring (bicyclic) bond motifs is 1. The highest BCUT2D eigenvalue weighted by Crippen LogP contribution is 2.29. The molecule has 1 aliphatic heterocycles. The molecule has 1 fully saturated rings. The molecule has 1 saturated heterocycles. The van der Waals surface area contributed by atoms with Gasteiger partial charge in [0, 0.05) is 50.0 Å². The number of anilines is 1. The number of aromatic nitrogens is 2. The fourth-order valence-electron chi connectivity index (χ4n) is 3.47. The van der Waals surface area contributed by atoms with Gasteiger partial charge in [-0.3, -0.25) is 4.90 Å². The second-order valence-corrected chi connectivity index (χ2v) is 6.69. The van der Waals surface area contributed by atoms with E-state index in [9.17, 15) is 13.2 Å². The normalized spacial score (nSPS) is 16.0. The van der Waals surface area contributed by atoms with Gasteiger partial charge in [-0.2, -0.15) is 13.2 Å². The Hall–Kier alpha value is -2.67. The summed E-state index contributed by atoms with van der Waals surface area (Å²) < 4.78 is 38.0. The average molecular weight is 372 g/mol. The molecule has 1 aromatic heterocycles. The van der Waals surface area contributed by atoms with Gasteiger partial charge in [0.1, 0.15) is 6.33 Å². The van der Waals surface area contributed by atoms with E-state index < -0.39 is 11.7 Å². The lowest BCUT2D eigenvalue weighted by atomic mass is 10.1. The summed E-state index contributed by atoms with van der Waals surface area (Å²) in [6.07, 6.45) is -0.896. The molecule has 2 heterocycles. The molecule has 3 aromatic rings. The van der Waals surface area contributed by atoms with E-state index in [1.54, 1.807) is 18.5 Å². The van der Waals surface area contributed by atoms with Crippen LogP contribution in [0.2, 0.25) is 0 Å². The van der Waals surface area contributed by atoms with E-state index >= 15 is 0 Å². The summed E-state index contributed by atoms with van der Waals surface area (Å²) in [5.74, 6) is 0. The molecule has 0 radical (unpaired) electrons. The van der Waals surface area contributed by atoms with Crippen LogP contribution in [0.5, 0.6) is 0 Å². The van der Waals surface area contributed by atoms with Crippen LogP contribution in [-0.4, -0.2) is 41.0 Å². The number of rotatable bonds is 3. The highest BCUT2D eigenvalue weighted by molar-refractivity contribution is 5.91. The van der Waals surface area contributed by atoms with Crippen LogP contribution in [0.25, 0.3) is 10.9 Å². The van der Waals surface area contributed by atoms with Crippen LogP contribution in [0.15, 0.2) is 55.0 Å². The van der Waals surface area contributed by atoms with E-state index in [0.29, 0.717) is 6.54 Å². The molecule has 0 unspecified atom stereocenters. The van der Waals surface area contributed by atoms with E-state index in [4.69, 9.17) is 0 Å². The number of hydrogen-bond donors (Lipinski definition) is 0. The van der Waals surface area contributed by atoms with Gasteiger partial charge in [0.05, 0.1) is 11.1 Å². The van der Waals surface area contributed by atoms with Gasteiger partial charge >= 0.3 is 6.18 Å². The van der Waals surface area contributed by atoms with Gasteiger partial charge in [-0.1, -0.05) is 18.2 Å². The number of piperazine rings is 1. The van der Waals surface area contributed by atoms with Crippen molar-refractivity contribution in [2.45, 2.75) is 12.7 Å². The number of halogens is 3. The Morgan fingerprint density at radius 1 is 0.926 bits per heavy atom. The number of alkyl halides is 3. The largest absolute Gasteiger partial charge is 0.416 e. The predicted octanol–water partition coefficient (Wildman–Crippen LogP) is 3.97. The molecular weight excluding hydrogens is 353 g/mol. The summed E-state index contributed by atoms with van der Waals surface area (Å²) >= 11 is 0. The first-order valence-electron chi connectivity index (χ1n) is 8.83. The van der Waals surface area contributed by atoms with Crippen molar-refractivity contribution >= 4 is 16.6 Å². The van der Waals surface area contributed by atoms with Crippen LogP contribution in [0.1, 0.15) is 11.1 Å². The highest BCUT2D eigenvalue weighted by Gasteiger charge is 2.30. The second-order valence-electron chi connectivity index (χ2n) is 6.69. The number of nitrogens with zero attached hydrogens (tertiary/aromatic N) is 4. The highest BCUT2D eigenvalue weighted by atomic mass is 19.4. The lowest BCUT2D eigenvalue weighted by Gasteiger charge is -2.36. The van der Waals surface area contributed by atoms with Gasteiger partial charge in [-0.05, 0) is 29.8 Å². The predicted molar refractivity (Wildman–Crippen MR) is 98.5 cm³/mol. The van der Waals surface area contributed by atoms with Crippen LogP contribution in [0, 0.1) is 0 Å². The fraction of sp³-hybridized carbons (Fsp3) is 0.300. The van der Waals surface area contributed by atoms with Crippen molar-refractivity contribution in [2.75, 3.05) is 31.1 Å². The first-order chi connectivity index (χ1) is 13.0. The van der Waals surface area contributed by atoms with Gasteiger partial charge in [-0.15, -0.1) is 0 Å². The zero-order chi connectivity index (χ0) is 18.9. The molecule has 0 saturated carbocycles. The Morgan fingerprint density at radius 3 is 2.37 bits per heavy atom. The minimum atomic E-state index is -4.29. The van der Waals surface area contributed by atoms with Gasteiger partial charge in [0.15, 0.2) is 0 Å². The van der Waals surface area contributed by atoms with E-state index in [-0.39, 0.29) is 0 Å². The van der Waals surface area contributed by atoms with Crippen LogP contribution in [-0.2, 0) is 12.7 Å². The number of hydrogen-bond acceptors (Lipinski definition) is 4. The summed E-state index contributed by atoms with van der Waals surface area (Å²) in [7, 11) is 0. The van der Waals surface area contributed by atoms with Crippen LogP contribution >= 0.6 is 0 Å². The smallest absolute Gasteiger partial charge is 0.368 e. The molecule has 0 amide bonds. The van der Waals surface area contributed by atoms with Crippen molar-refractivity contribution in [1.82, 2.24) is 14.9 Å². The van der Waals surface area contributed by atoms with Crippen molar-refractivity contribution in [3.63, 3.8) is 0 Å². The Labute approximate surface area is 155 Å². The summed E-state index contributed by atoms with van der Waals surface area (Å²) in [6.45, 7) is 4.07. The maximum absolute atomic E-state index is 12.7. The second kappa shape index (κ2) is 7.15. The quantitative estimate of drug-likeness (QED) is 0.696. The molecule has 1 aliphatic rings. The van der Waals surface area contributed by atoms with Crippen molar-refractivity contribution in [3.05, 3.63) is 66.1 Å². The molecule has 0 atom stereocenters. The topological polar surface area (TPSA) is 32.3 Å². The van der Waals surface area contributed by atoms with E-state index in [0.717, 1.165) is 60.5 Å². The molecule has 140 valence electrons. The molecule has 4 nitrogen and oxygen atoms in total. The molecule has 0 N–H and O–H groups in total. The summed E-state index contributed by atoms with van der Waals surface area (Å²) in [4.78, 5) is 13.0. The summed E-state index contributed by atoms with van der Waals surface area (Å²) in [5, 5.41) is 1.04. The Morgan fingerprint density at radius 2 is 1.67 bits per heavy atom. The van der Waals surface area contributed by atoms with E-state index in [1.807, 2.05) is 18.3 Å². The Bertz CT molecular complexity index is 911. The minimum absolute atomic E-state index is 0.603. The molecular formula is C20H19F3N4. The third-order valence-electron chi connectivity index (χ3n) is 4.93. The lowest BCUT2D eigenvalue weighted by Crippen LogP contribution is -2.46. The monoisotopic (exact) mass is 372 g/mol. The molecule has 0 aliphatic carbocycles. The SMILES string of the molecule is FC(F)(F)c1ccc(CN2CCN(c3cccc4ncncc34)CC2)cc1. The maximum Gasteiger partial charge on any atom is 0.416 e. The van der Waals surface area contributed by atoms with Gasteiger partial charge in [0.2, 0.25) is 0 Å². The number of benzene rings is 2. The summed E-state index contributed by atoms with van der Waals surface area (Å²) in [5.41, 5.74) is 2.35. The van der Waals surface area contributed by atoms with E-state index in [2.05, 4.69) is 25.8 Å². The van der Waals surface area contributed by atoms with Crippen LogP contribution in [0.4, 0.5) is 18.9 Å². The first kappa shape index (κ1) is 17.7. The Kier molecular flexibility index (Phi) is 4.70. The third kappa shape index (κ3) is 3.88. The minimum Gasteiger partial charge on any atom is -0.368 e. The molecule has 0 bridgehead atoms. The van der Waals surface area contributed by atoms with Crippen LogP contribution < -0.4 is 4.90 Å². The molecule has 2 aromatic carbocycles. The van der Waals surface area contributed by atoms with E-state index in [1.165, 1.54) is 0 Å². The van der Waals surface area contributed by atoms with Crippen molar-refractivity contribution in [2.24, 2.45) is 0 Å². The Balaban J connectivity index is 1.40. The first-order valence-corrected chi connectivity index (χ1v) is 8.83. The lowest BCUT2D eigenvalue weighted by molar-refractivity contribution is -0.137. The summed E-state index contributed by atoms with van der Waals surface area (Å²) in [6, 6.07) is 11.5. The average Bonchev–Trinajstić information content (AvgIpc) is 2.68. The van der Waals surface area contributed by atoms with Crippen molar-refractivity contribution in [3.8, 4) is 0 Å².